The van der Waals surface area contributed by atoms with Gasteiger partial charge in [0.1, 0.15) is 17.8 Å². The molecule has 0 aromatic heterocycles. The fourth-order valence-corrected chi connectivity index (χ4v) is 5.05. The predicted molar refractivity (Wildman–Crippen MR) is 105 cm³/mol. The number of esters is 1. The Morgan fingerprint density at radius 1 is 1.31 bits per heavy atom. The Hall–Kier alpha value is -1.33. The molecule has 0 amide bonds. The summed E-state index contributed by atoms with van der Waals surface area (Å²) in [7, 11) is -1.89. The minimum Gasteiger partial charge on any atom is -0.488 e. The predicted octanol–water partition coefficient (Wildman–Crippen LogP) is 5.12. The Labute approximate surface area is 158 Å². The van der Waals surface area contributed by atoms with E-state index >= 15 is 0 Å². The van der Waals surface area contributed by atoms with Gasteiger partial charge in [-0.25, -0.2) is 0 Å². The topological polar surface area (TPSA) is 44.8 Å². The molecule has 2 aliphatic rings. The Morgan fingerprint density at radius 2 is 1.96 bits per heavy atom. The molecule has 5 heteroatoms. The van der Waals surface area contributed by atoms with Gasteiger partial charge in [0.15, 0.2) is 8.32 Å². The highest BCUT2D eigenvalue weighted by Gasteiger charge is 2.64. The first-order valence-electron chi connectivity index (χ1n) is 9.64. The van der Waals surface area contributed by atoms with Gasteiger partial charge in [-0.2, -0.15) is 0 Å². The van der Waals surface area contributed by atoms with Crippen LogP contribution in [0.15, 0.2) is 12.1 Å². The van der Waals surface area contributed by atoms with Crippen LogP contribution < -0.4 is 4.74 Å². The van der Waals surface area contributed by atoms with Crippen molar-refractivity contribution in [3.63, 3.8) is 0 Å². The summed E-state index contributed by atoms with van der Waals surface area (Å²) in [5.41, 5.74) is 3.45. The number of fused-ring (bicyclic) bond motifs is 3. The van der Waals surface area contributed by atoms with Gasteiger partial charge in [-0.05, 0) is 50.0 Å². The molecule has 4 atom stereocenters. The molecule has 0 N–H and O–H groups in total. The molecule has 26 heavy (non-hydrogen) atoms. The highest BCUT2D eigenvalue weighted by molar-refractivity contribution is 6.74. The maximum atomic E-state index is 12.2. The minimum absolute atomic E-state index is 0.0176. The van der Waals surface area contributed by atoms with E-state index in [1.165, 1.54) is 5.56 Å². The molecule has 3 rings (SSSR count). The van der Waals surface area contributed by atoms with Crippen molar-refractivity contribution in [2.45, 2.75) is 77.8 Å². The maximum absolute atomic E-state index is 12.2. The standard InChI is InChI=1S/C21H32O4Si/c1-9-23-20(22)17-16-15-14(11-10-12(2)18(15)24-19(16)17)13(3)25-26(7,8)21(4,5)6/h10-11,13,16-17,19H,9H2,1-8H3/t13-,16+,17+,19+/m1/s1. The summed E-state index contributed by atoms with van der Waals surface area (Å²) in [6.45, 7) is 17.7. The summed E-state index contributed by atoms with van der Waals surface area (Å²) in [5.74, 6) is 0.759. The van der Waals surface area contributed by atoms with Gasteiger partial charge in [-0.15, -0.1) is 0 Å². The smallest absolute Gasteiger partial charge is 0.313 e. The van der Waals surface area contributed by atoms with Crippen LogP contribution in [-0.4, -0.2) is 27.0 Å². The van der Waals surface area contributed by atoms with Gasteiger partial charge >= 0.3 is 5.97 Å². The molecular formula is C21H32O4Si. The second-order valence-electron chi connectivity index (χ2n) is 9.12. The quantitative estimate of drug-likeness (QED) is 0.529. The van der Waals surface area contributed by atoms with Crippen LogP contribution in [0.25, 0.3) is 0 Å². The van der Waals surface area contributed by atoms with Crippen molar-refractivity contribution < 1.29 is 18.7 Å². The van der Waals surface area contributed by atoms with E-state index in [-0.39, 0.29) is 35.1 Å². The summed E-state index contributed by atoms with van der Waals surface area (Å²) >= 11 is 0. The number of ether oxygens (including phenoxy) is 2. The molecule has 0 unspecified atom stereocenters. The minimum atomic E-state index is -1.89. The van der Waals surface area contributed by atoms with Crippen LogP contribution in [0.1, 0.15) is 63.3 Å². The zero-order valence-corrected chi connectivity index (χ0v) is 18.3. The summed E-state index contributed by atoms with van der Waals surface area (Å²) < 4.78 is 18.0. The van der Waals surface area contributed by atoms with Crippen LogP contribution in [0.4, 0.5) is 0 Å². The zero-order chi connectivity index (χ0) is 19.4. The lowest BCUT2D eigenvalue weighted by atomic mass is 9.95. The number of aryl methyl sites for hydroxylation is 1. The lowest BCUT2D eigenvalue weighted by Gasteiger charge is -2.39. The average molecular weight is 377 g/mol. The molecule has 1 aromatic carbocycles. The lowest BCUT2D eigenvalue weighted by Crippen LogP contribution is -2.41. The molecule has 144 valence electrons. The number of benzene rings is 1. The summed E-state index contributed by atoms with van der Waals surface area (Å²) in [4.78, 5) is 12.2. The third kappa shape index (κ3) is 3.09. The molecule has 0 spiro atoms. The van der Waals surface area contributed by atoms with Crippen molar-refractivity contribution in [2.24, 2.45) is 5.92 Å². The number of hydrogen-bond donors (Lipinski definition) is 0. The van der Waals surface area contributed by atoms with E-state index in [2.05, 4.69) is 59.8 Å². The Balaban J connectivity index is 1.90. The molecule has 0 bridgehead atoms. The Kier molecular flexibility index (Phi) is 4.77. The molecule has 1 aromatic rings. The van der Waals surface area contributed by atoms with Gasteiger partial charge < -0.3 is 13.9 Å². The second-order valence-corrected chi connectivity index (χ2v) is 13.9. The SMILES string of the molecule is CCOC(=O)[C@@H]1[C@H]2Oc3c(C)ccc([C@@H](C)O[Si](C)(C)C(C)(C)C)c3[C@H]21. The summed E-state index contributed by atoms with van der Waals surface area (Å²) in [6, 6.07) is 4.25. The third-order valence-electron chi connectivity index (χ3n) is 6.24. The van der Waals surface area contributed by atoms with Crippen LogP contribution in [0.5, 0.6) is 5.75 Å². The first-order valence-corrected chi connectivity index (χ1v) is 12.5. The second kappa shape index (κ2) is 6.38. The fraction of sp³-hybridized carbons (Fsp3) is 0.667. The first-order chi connectivity index (χ1) is 12.0. The highest BCUT2D eigenvalue weighted by Crippen LogP contribution is 2.61. The van der Waals surface area contributed by atoms with E-state index in [4.69, 9.17) is 13.9 Å². The van der Waals surface area contributed by atoms with E-state index in [9.17, 15) is 4.79 Å². The molecule has 1 aliphatic carbocycles. The monoisotopic (exact) mass is 376 g/mol. The summed E-state index contributed by atoms with van der Waals surface area (Å²) in [5, 5.41) is 0.154. The highest BCUT2D eigenvalue weighted by atomic mass is 28.4. The number of rotatable bonds is 5. The van der Waals surface area contributed by atoms with Crippen molar-refractivity contribution in [1.29, 1.82) is 0 Å². The van der Waals surface area contributed by atoms with Gasteiger partial charge in [-0.1, -0.05) is 32.9 Å². The normalized spacial score (nSPS) is 25.2. The van der Waals surface area contributed by atoms with Gasteiger partial charge in [0.25, 0.3) is 0 Å². The van der Waals surface area contributed by atoms with Gasteiger partial charge in [0, 0.05) is 11.5 Å². The lowest BCUT2D eigenvalue weighted by molar-refractivity contribution is -0.145. The average Bonchev–Trinajstić information content (AvgIpc) is 3.09. The number of hydrogen-bond acceptors (Lipinski definition) is 4. The Bertz CT molecular complexity index is 719. The van der Waals surface area contributed by atoms with Crippen LogP contribution >= 0.6 is 0 Å². The van der Waals surface area contributed by atoms with Crippen molar-refractivity contribution in [2.75, 3.05) is 6.61 Å². The van der Waals surface area contributed by atoms with Gasteiger partial charge in [-0.3, -0.25) is 4.79 Å². The molecule has 1 saturated carbocycles. The fourth-order valence-electron chi connectivity index (χ4n) is 3.69. The van der Waals surface area contributed by atoms with Crippen LogP contribution in [0, 0.1) is 12.8 Å². The van der Waals surface area contributed by atoms with Gasteiger partial charge in [0.05, 0.1) is 12.7 Å². The van der Waals surface area contributed by atoms with Crippen molar-refractivity contribution >= 4 is 14.3 Å². The third-order valence-corrected chi connectivity index (χ3v) is 10.8. The van der Waals surface area contributed by atoms with E-state index in [1.54, 1.807) is 0 Å². The van der Waals surface area contributed by atoms with Gasteiger partial charge in [0.2, 0.25) is 0 Å². The first kappa shape index (κ1) is 19.4. The van der Waals surface area contributed by atoms with Crippen molar-refractivity contribution in [3.8, 4) is 5.75 Å². The van der Waals surface area contributed by atoms with E-state index < -0.39 is 8.32 Å². The van der Waals surface area contributed by atoms with Crippen LogP contribution in [0.3, 0.4) is 0 Å². The molecule has 1 fully saturated rings. The van der Waals surface area contributed by atoms with Crippen molar-refractivity contribution in [3.05, 3.63) is 28.8 Å². The van der Waals surface area contributed by atoms with E-state index in [1.807, 2.05) is 6.92 Å². The van der Waals surface area contributed by atoms with Crippen molar-refractivity contribution in [1.82, 2.24) is 0 Å². The Morgan fingerprint density at radius 3 is 2.54 bits per heavy atom. The van der Waals surface area contributed by atoms with Crippen LogP contribution in [-0.2, 0) is 14.0 Å². The largest absolute Gasteiger partial charge is 0.488 e. The molecule has 0 radical (unpaired) electrons. The van der Waals surface area contributed by atoms with E-state index in [0.29, 0.717) is 6.61 Å². The zero-order valence-electron chi connectivity index (χ0n) is 17.3. The molecular weight excluding hydrogens is 344 g/mol. The van der Waals surface area contributed by atoms with Crippen LogP contribution in [0.2, 0.25) is 18.1 Å². The number of carbonyl (C=O) groups is 1. The molecule has 1 heterocycles. The molecule has 1 aliphatic heterocycles. The molecule has 0 saturated heterocycles. The maximum Gasteiger partial charge on any atom is 0.313 e. The number of carbonyl (C=O) groups excluding carboxylic acids is 1. The summed E-state index contributed by atoms with van der Waals surface area (Å²) in [6.07, 6.45) is -0.0833. The molecule has 4 nitrogen and oxygen atoms in total. The van der Waals surface area contributed by atoms with E-state index in [0.717, 1.165) is 16.9 Å².